The second-order valence-corrected chi connectivity index (χ2v) is 10.6. The standard InChI is InChI=1S/C37H31F3N6/c1-22-12-13-27(38)20-36(22)43-25(4)34-10-6-8-32(45-34)23(2)41-29-15-17-30(18-16-29)42-24(3)33-9-7-11-35(46-33)26(5)44-37-21-28(39)14-19-31(37)40/h6-21H,1-5H3/b41-23+,42-24+,43-25+,44-26+. The van der Waals surface area contributed by atoms with Crippen molar-refractivity contribution >= 4 is 45.6 Å². The number of hydrogen-bond acceptors (Lipinski definition) is 6. The van der Waals surface area contributed by atoms with E-state index in [9.17, 15) is 13.2 Å². The highest BCUT2D eigenvalue weighted by Crippen LogP contribution is 2.23. The lowest BCUT2D eigenvalue weighted by Gasteiger charge is -2.07. The number of rotatable bonds is 8. The molecule has 0 saturated heterocycles. The maximum absolute atomic E-state index is 14.1. The molecular weight excluding hydrogens is 585 g/mol. The summed E-state index contributed by atoms with van der Waals surface area (Å²) < 4.78 is 41.4. The minimum absolute atomic E-state index is 0.0866. The second-order valence-electron chi connectivity index (χ2n) is 10.6. The Hall–Kier alpha value is -5.57. The summed E-state index contributed by atoms with van der Waals surface area (Å²) in [5.74, 6) is -1.51. The molecule has 0 saturated carbocycles. The van der Waals surface area contributed by atoms with Crippen molar-refractivity contribution in [1.29, 1.82) is 0 Å². The van der Waals surface area contributed by atoms with Gasteiger partial charge in [-0.15, -0.1) is 0 Å². The third-order valence-corrected chi connectivity index (χ3v) is 7.08. The molecule has 0 spiro atoms. The Balaban J connectivity index is 1.31. The molecule has 5 rings (SSSR count). The topological polar surface area (TPSA) is 75.2 Å². The number of aromatic nitrogens is 2. The van der Waals surface area contributed by atoms with Crippen LogP contribution in [0.4, 0.5) is 35.9 Å². The SMILES string of the molecule is C/C(=N\c1ccc(/N=C(\C)c2cccc(/C(C)=N/c3cc(F)ccc3F)n2)cc1)c1cccc(/C(C)=N/c2cc(F)ccc2C)n1. The number of nitrogens with zero attached hydrogens (tertiary/aromatic N) is 6. The number of halogens is 3. The lowest BCUT2D eigenvalue weighted by Crippen LogP contribution is -2.05. The van der Waals surface area contributed by atoms with E-state index in [-0.39, 0.29) is 11.5 Å². The molecule has 0 atom stereocenters. The van der Waals surface area contributed by atoms with E-state index < -0.39 is 11.6 Å². The monoisotopic (exact) mass is 616 g/mol. The van der Waals surface area contributed by atoms with Gasteiger partial charge in [0.2, 0.25) is 0 Å². The molecule has 0 aliphatic carbocycles. The van der Waals surface area contributed by atoms with Crippen LogP contribution >= 0.6 is 0 Å². The summed E-state index contributed by atoms with van der Waals surface area (Å²) >= 11 is 0. The van der Waals surface area contributed by atoms with E-state index >= 15 is 0 Å². The van der Waals surface area contributed by atoms with Gasteiger partial charge in [-0.1, -0.05) is 18.2 Å². The van der Waals surface area contributed by atoms with Gasteiger partial charge in [-0.2, -0.15) is 0 Å². The van der Waals surface area contributed by atoms with E-state index in [4.69, 9.17) is 15.0 Å². The normalized spacial score (nSPS) is 12.9. The van der Waals surface area contributed by atoms with Gasteiger partial charge in [0.15, 0.2) is 0 Å². The third-order valence-electron chi connectivity index (χ3n) is 7.08. The molecule has 0 aliphatic rings. The molecule has 0 radical (unpaired) electrons. The smallest absolute Gasteiger partial charge is 0.149 e. The molecule has 2 aromatic heterocycles. The average Bonchev–Trinajstić information content (AvgIpc) is 3.05. The van der Waals surface area contributed by atoms with Crippen molar-refractivity contribution in [2.24, 2.45) is 20.0 Å². The third kappa shape index (κ3) is 7.92. The number of hydrogen-bond donors (Lipinski definition) is 0. The first-order valence-corrected chi connectivity index (χ1v) is 14.5. The van der Waals surface area contributed by atoms with Crippen LogP contribution in [0.1, 0.15) is 56.0 Å². The molecule has 46 heavy (non-hydrogen) atoms. The van der Waals surface area contributed by atoms with Crippen LogP contribution in [-0.4, -0.2) is 32.8 Å². The number of pyridine rings is 2. The molecule has 2 heterocycles. The van der Waals surface area contributed by atoms with Crippen LogP contribution in [-0.2, 0) is 0 Å². The molecule has 0 aliphatic heterocycles. The Morgan fingerprint density at radius 1 is 0.478 bits per heavy atom. The van der Waals surface area contributed by atoms with Crippen LogP contribution in [0, 0.1) is 24.4 Å². The lowest BCUT2D eigenvalue weighted by molar-refractivity contribution is 0.602. The summed E-state index contributed by atoms with van der Waals surface area (Å²) in [7, 11) is 0. The Bertz CT molecular complexity index is 1880. The minimum atomic E-state index is -0.611. The fourth-order valence-corrected chi connectivity index (χ4v) is 4.53. The summed E-state index contributed by atoms with van der Waals surface area (Å²) in [6, 6.07) is 26.2. The summed E-state index contributed by atoms with van der Waals surface area (Å²) in [6.45, 7) is 9.16. The average molecular weight is 617 g/mol. The highest BCUT2D eigenvalue weighted by Gasteiger charge is 2.09. The maximum atomic E-state index is 14.1. The number of aliphatic imine (C=N–C) groups is 4. The van der Waals surface area contributed by atoms with Gasteiger partial charge in [0.05, 0.1) is 62.7 Å². The minimum Gasteiger partial charge on any atom is -0.252 e. The van der Waals surface area contributed by atoms with Gasteiger partial charge in [0.25, 0.3) is 0 Å². The molecule has 230 valence electrons. The first-order chi connectivity index (χ1) is 22.0. The van der Waals surface area contributed by atoms with Gasteiger partial charge < -0.3 is 0 Å². The second kappa shape index (κ2) is 14.0. The van der Waals surface area contributed by atoms with E-state index in [1.54, 1.807) is 19.1 Å². The van der Waals surface area contributed by atoms with Gasteiger partial charge >= 0.3 is 0 Å². The van der Waals surface area contributed by atoms with E-state index in [1.807, 2.05) is 82.3 Å². The van der Waals surface area contributed by atoms with Crippen LogP contribution in [0.15, 0.2) is 117 Å². The van der Waals surface area contributed by atoms with E-state index in [2.05, 4.69) is 15.0 Å². The van der Waals surface area contributed by atoms with E-state index in [0.717, 1.165) is 35.2 Å². The molecule has 3 aromatic carbocycles. The summed E-state index contributed by atoms with van der Waals surface area (Å²) in [4.78, 5) is 27.6. The first kappa shape index (κ1) is 31.8. The molecule has 9 heteroatoms. The molecular formula is C37H31F3N6. The Kier molecular flexibility index (Phi) is 9.71. The van der Waals surface area contributed by atoms with Crippen molar-refractivity contribution in [3.8, 4) is 0 Å². The fourth-order valence-electron chi connectivity index (χ4n) is 4.53. The predicted molar refractivity (Wildman–Crippen MR) is 180 cm³/mol. The van der Waals surface area contributed by atoms with Crippen molar-refractivity contribution in [1.82, 2.24) is 9.97 Å². The summed E-state index contributed by atoms with van der Waals surface area (Å²) in [6.07, 6.45) is 0. The molecule has 6 nitrogen and oxygen atoms in total. The van der Waals surface area contributed by atoms with Gasteiger partial charge in [0.1, 0.15) is 23.1 Å². The fraction of sp³-hybridized carbons (Fsp3) is 0.135. The predicted octanol–water partition coefficient (Wildman–Crippen LogP) is 9.77. The highest BCUT2D eigenvalue weighted by molar-refractivity contribution is 6.03. The van der Waals surface area contributed by atoms with Gasteiger partial charge in [-0.05, 0) is 113 Å². The van der Waals surface area contributed by atoms with Gasteiger partial charge in [0, 0.05) is 6.07 Å². The number of aryl methyl sites for hydroxylation is 1. The Morgan fingerprint density at radius 2 is 0.870 bits per heavy atom. The maximum Gasteiger partial charge on any atom is 0.149 e. The van der Waals surface area contributed by atoms with E-state index in [1.165, 1.54) is 12.1 Å². The Morgan fingerprint density at radius 3 is 1.35 bits per heavy atom. The first-order valence-electron chi connectivity index (χ1n) is 14.5. The summed E-state index contributed by atoms with van der Waals surface area (Å²) in [5.41, 5.74) is 7.85. The van der Waals surface area contributed by atoms with Gasteiger partial charge in [-0.3, -0.25) is 15.0 Å². The molecule has 0 fully saturated rings. The zero-order valence-corrected chi connectivity index (χ0v) is 26.1. The quantitative estimate of drug-likeness (QED) is 0.163. The molecule has 0 N–H and O–H groups in total. The molecule has 0 bridgehead atoms. The van der Waals surface area contributed by atoms with Crippen LogP contribution in [0.5, 0.6) is 0 Å². The van der Waals surface area contributed by atoms with Crippen molar-refractivity contribution in [2.75, 3.05) is 0 Å². The zero-order valence-electron chi connectivity index (χ0n) is 26.1. The zero-order chi connectivity index (χ0) is 32.8. The molecule has 0 unspecified atom stereocenters. The lowest BCUT2D eigenvalue weighted by atomic mass is 10.1. The number of benzene rings is 3. The van der Waals surface area contributed by atoms with Crippen LogP contribution < -0.4 is 0 Å². The van der Waals surface area contributed by atoms with Crippen LogP contribution in [0.2, 0.25) is 0 Å². The summed E-state index contributed by atoms with van der Waals surface area (Å²) in [5, 5.41) is 0. The van der Waals surface area contributed by atoms with Crippen molar-refractivity contribution in [2.45, 2.75) is 34.6 Å². The van der Waals surface area contributed by atoms with Crippen LogP contribution in [0.3, 0.4) is 0 Å². The van der Waals surface area contributed by atoms with Crippen molar-refractivity contribution < 1.29 is 13.2 Å². The van der Waals surface area contributed by atoms with Crippen molar-refractivity contribution in [3.63, 3.8) is 0 Å². The van der Waals surface area contributed by atoms with Crippen LogP contribution in [0.25, 0.3) is 0 Å². The highest BCUT2D eigenvalue weighted by atomic mass is 19.1. The molecule has 0 amide bonds. The molecule has 5 aromatic rings. The van der Waals surface area contributed by atoms with Gasteiger partial charge in [-0.25, -0.2) is 28.1 Å². The van der Waals surface area contributed by atoms with E-state index in [0.29, 0.717) is 51.3 Å². The largest absolute Gasteiger partial charge is 0.252 e. The van der Waals surface area contributed by atoms with Crippen molar-refractivity contribution in [3.05, 3.63) is 143 Å². The Labute approximate surface area is 265 Å².